The van der Waals surface area contributed by atoms with E-state index in [0.29, 0.717) is 11.5 Å². The first-order chi connectivity index (χ1) is 11.1. The van der Waals surface area contributed by atoms with Gasteiger partial charge in [-0.25, -0.2) is 4.39 Å². The largest absolute Gasteiger partial charge is 0.467 e. The SMILES string of the molecule is Cc1cc(=O)c2cccc(F)c2n1CC(=O)NCc1ccco1. The molecule has 1 aromatic carbocycles. The number of aryl methyl sites for hydroxylation is 1. The van der Waals surface area contributed by atoms with Gasteiger partial charge >= 0.3 is 0 Å². The molecule has 1 N–H and O–H groups in total. The van der Waals surface area contributed by atoms with E-state index in [1.54, 1.807) is 25.1 Å². The fourth-order valence-corrected chi connectivity index (χ4v) is 2.51. The number of hydrogen-bond donors (Lipinski definition) is 1. The normalized spacial score (nSPS) is 10.9. The van der Waals surface area contributed by atoms with E-state index in [9.17, 15) is 14.0 Å². The van der Waals surface area contributed by atoms with Crippen LogP contribution in [0.5, 0.6) is 0 Å². The molecule has 0 aliphatic heterocycles. The number of para-hydroxylation sites is 1. The Hall–Kier alpha value is -2.89. The minimum absolute atomic E-state index is 0.0791. The van der Waals surface area contributed by atoms with Crippen molar-refractivity contribution in [2.24, 2.45) is 0 Å². The van der Waals surface area contributed by atoms with Gasteiger partial charge in [0.05, 0.1) is 18.3 Å². The van der Waals surface area contributed by atoms with E-state index >= 15 is 0 Å². The molecule has 3 rings (SSSR count). The molecule has 0 spiro atoms. The summed E-state index contributed by atoms with van der Waals surface area (Å²) in [6, 6.07) is 9.20. The first kappa shape index (κ1) is 15.0. The Morgan fingerprint density at radius 3 is 2.87 bits per heavy atom. The van der Waals surface area contributed by atoms with Crippen LogP contribution in [0.4, 0.5) is 4.39 Å². The van der Waals surface area contributed by atoms with Crippen LogP contribution in [0.2, 0.25) is 0 Å². The molecule has 0 unspecified atom stereocenters. The highest BCUT2D eigenvalue weighted by Gasteiger charge is 2.13. The highest BCUT2D eigenvalue weighted by Crippen LogP contribution is 2.16. The number of pyridine rings is 1. The lowest BCUT2D eigenvalue weighted by Gasteiger charge is -2.14. The molecule has 2 heterocycles. The number of nitrogens with one attached hydrogen (secondary N) is 1. The number of benzene rings is 1. The third-order valence-electron chi connectivity index (χ3n) is 3.63. The molecule has 118 valence electrons. The van der Waals surface area contributed by atoms with Crippen LogP contribution in [0, 0.1) is 12.7 Å². The molecular formula is C17H15FN2O3. The molecule has 3 aromatic rings. The van der Waals surface area contributed by atoms with E-state index < -0.39 is 5.82 Å². The first-order valence-corrected chi connectivity index (χ1v) is 7.14. The van der Waals surface area contributed by atoms with E-state index in [-0.39, 0.29) is 35.3 Å². The number of fused-ring (bicyclic) bond motifs is 1. The third kappa shape index (κ3) is 3.01. The Balaban J connectivity index is 1.90. The molecule has 0 fully saturated rings. The molecular weight excluding hydrogens is 299 g/mol. The van der Waals surface area contributed by atoms with Gasteiger partial charge in [-0.2, -0.15) is 0 Å². The zero-order valence-corrected chi connectivity index (χ0v) is 12.5. The van der Waals surface area contributed by atoms with Crippen LogP contribution >= 0.6 is 0 Å². The van der Waals surface area contributed by atoms with Gasteiger partial charge in [-0.05, 0) is 31.2 Å². The average Bonchev–Trinajstić information content (AvgIpc) is 3.03. The van der Waals surface area contributed by atoms with E-state index in [0.717, 1.165) is 0 Å². The second-order valence-electron chi connectivity index (χ2n) is 5.23. The van der Waals surface area contributed by atoms with Gasteiger partial charge in [-0.1, -0.05) is 6.07 Å². The van der Waals surface area contributed by atoms with Gasteiger partial charge in [-0.15, -0.1) is 0 Å². The van der Waals surface area contributed by atoms with Crippen molar-refractivity contribution < 1.29 is 13.6 Å². The summed E-state index contributed by atoms with van der Waals surface area (Å²) in [5, 5.41) is 2.96. The highest BCUT2D eigenvalue weighted by atomic mass is 19.1. The van der Waals surface area contributed by atoms with Crippen molar-refractivity contribution in [3.63, 3.8) is 0 Å². The van der Waals surface area contributed by atoms with Gasteiger partial charge in [-0.3, -0.25) is 9.59 Å². The predicted molar refractivity (Wildman–Crippen MR) is 83.5 cm³/mol. The molecule has 0 aliphatic carbocycles. The molecule has 23 heavy (non-hydrogen) atoms. The van der Waals surface area contributed by atoms with E-state index in [1.807, 2.05) is 0 Å². The molecule has 0 atom stereocenters. The summed E-state index contributed by atoms with van der Waals surface area (Å²) in [5.74, 6) is -0.189. The monoisotopic (exact) mass is 314 g/mol. The van der Waals surface area contributed by atoms with Crippen LogP contribution < -0.4 is 10.7 Å². The molecule has 5 nitrogen and oxygen atoms in total. The summed E-state index contributed by atoms with van der Waals surface area (Å²) in [4.78, 5) is 24.1. The van der Waals surface area contributed by atoms with Gasteiger partial charge in [0.25, 0.3) is 0 Å². The van der Waals surface area contributed by atoms with E-state index in [4.69, 9.17) is 4.42 Å². The maximum Gasteiger partial charge on any atom is 0.240 e. The number of furan rings is 1. The Morgan fingerprint density at radius 1 is 1.30 bits per heavy atom. The third-order valence-corrected chi connectivity index (χ3v) is 3.63. The fourth-order valence-electron chi connectivity index (χ4n) is 2.51. The average molecular weight is 314 g/mol. The highest BCUT2D eigenvalue weighted by molar-refractivity contribution is 5.83. The number of carbonyl (C=O) groups excluding carboxylic acids is 1. The molecule has 0 saturated heterocycles. The Bertz CT molecular complexity index is 913. The van der Waals surface area contributed by atoms with Crippen LogP contribution in [0.15, 0.2) is 51.9 Å². The zero-order chi connectivity index (χ0) is 16.4. The first-order valence-electron chi connectivity index (χ1n) is 7.14. The molecule has 0 radical (unpaired) electrons. The molecule has 0 aliphatic rings. The van der Waals surface area contributed by atoms with Crippen molar-refractivity contribution in [3.8, 4) is 0 Å². The minimum Gasteiger partial charge on any atom is -0.467 e. The van der Waals surface area contributed by atoms with Gasteiger partial charge in [0.2, 0.25) is 5.91 Å². The Labute approximate surface area is 131 Å². The lowest BCUT2D eigenvalue weighted by atomic mass is 10.1. The van der Waals surface area contributed by atoms with Crippen molar-refractivity contribution in [1.29, 1.82) is 0 Å². The van der Waals surface area contributed by atoms with Crippen LogP contribution in [0.1, 0.15) is 11.5 Å². The zero-order valence-electron chi connectivity index (χ0n) is 12.5. The van der Waals surface area contributed by atoms with Crippen molar-refractivity contribution >= 4 is 16.8 Å². The Morgan fingerprint density at radius 2 is 2.13 bits per heavy atom. The second kappa shape index (κ2) is 6.08. The summed E-state index contributed by atoms with van der Waals surface area (Å²) < 4.78 is 20.8. The lowest BCUT2D eigenvalue weighted by Crippen LogP contribution is -2.28. The van der Waals surface area contributed by atoms with Crippen LogP contribution in [0.25, 0.3) is 10.9 Å². The van der Waals surface area contributed by atoms with Crippen molar-refractivity contribution in [2.45, 2.75) is 20.0 Å². The van der Waals surface area contributed by atoms with Gasteiger partial charge in [0, 0.05) is 17.1 Å². The summed E-state index contributed by atoms with van der Waals surface area (Å²) in [6.07, 6.45) is 1.52. The number of hydrogen-bond acceptors (Lipinski definition) is 3. The summed E-state index contributed by atoms with van der Waals surface area (Å²) >= 11 is 0. The predicted octanol–water partition coefficient (Wildman–Crippen LogP) is 2.36. The summed E-state index contributed by atoms with van der Waals surface area (Å²) in [5.41, 5.74) is 0.413. The van der Waals surface area contributed by atoms with Crippen LogP contribution in [-0.2, 0) is 17.9 Å². The van der Waals surface area contributed by atoms with E-state index in [1.165, 1.54) is 29.0 Å². The number of rotatable bonds is 4. The van der Waals surface area contributed by atoms with E-state index in [2.05, 4.69) is 5.32 Å². The topological polar surface area (TPSA) is 64.2 Å². The van der Waals surface area contributed by atoms with Crippen molar-refractivity contribution in [1.82, 2.24) is 9.88 Å². The minimum atomic E-state index is -0.526. The second-order valence-corrected chi connectivity index (χ2v) is 5.23. The Kier molecular flexibility index (Phi) is 3.97. The summed E-state index contributed by atoms with van der Waals surface area (Å²) in [7, 11) is 0. The smallest absolute Gasteiger partial charge is 0.240 e. The van der Waals surface area contributed by atoms with Crippen LogP contribution in [0.3, 0.4) is 0 Å². The fraction of sp³-hybridized carbons (Fsp3) is 0.176. The molecule has 0 saturated carbocycles. The van der Waals surface area contributed by atoms with Gasteiger partial charge in [0.15, 0.2) is 5.43 Å². The van der Waals surface area contributed by atoms with Gasteiger partial charge in [0.1, 0.15) is 18.1 Å². The van der Waals surface area contributed by atoms with Crippen molar-refractivity contribution in [3.05, 3.63) is 70.2 Å². The molecule has 1 amide bonds. The lowest BCUT2D eigenvalue weighted by molar-refractivity contribution is -0.121. The van der Waals surface area contributed by atoms with Crippen molar-refractivity contribution in [2.75, 3.05) is 0 Å². The number of nitrogens with zero attached hydrogens (tertiary/aromatic N) is 1. The molecule has 0 bridgehead atoms. The summed E-state index contributed by atoms with van der Waals surface area (Å²) in [6.45, 7) is 1.85. The number of carbonyl (C=O) groups is 1. The number of aromatic nitrogens is 1. The molecule has 2 aromatic heterocycles. The maximum absolute atomic E-state index is 14.2. The number of halogens is 1. The van der Waals surface area contributed by atoms with Crippen LogP contribution in [-0.4, -0.2) is 10.5 Å². The number of amides is 1. The maximum atomic E-state index is 14.2. The quantitative estimate of drug-likeness (QED) is 0.804. The standard InChI is InChI=1S/C17H15FN2O3/c1-11-8-15(21)13-5-2-6-14(18)17(13)20(11)10-16(22)19-9-12-4-3-7-23-12/h2-8H,9-10H2,1H3,(H,19,22). The van der Waals surface area contributed by atoms with Gasteiger partial charge < -0.3 is 14.3 Å². The molecule has 6 heteroatoms.